The Balaban J connectivity index is 1.25. The van der Waals surface area contributed by atoms with Crippen LogP contribution in [0.5, 0.6) is 0 Å². The van der Waals surface area contributed by atoms with Crippen LogP contribution >= 0.6 is 0 Å². The first-order valence-electron chi connectivity index (χ1n) is 10.00. The molecule has 0 unspecified atom stereocenters. The number of hydrogen-bond acceptors (Lipinski definition) is 3. The van der Waals surface area contributed by atoms with Crippen molar-refractivity contribution in [3.63, 3.8) is 0 Å². The zero-order valence-electron chi connectivity index (χ0n) is 15.4. The van der Waals surface area contributed by atoms with E-state index in [1.165, 1.54) is 16.0 Å². The van der Waals surface area contributed by atoms with E-state index in [1.54, 1.807) is 12.1 Å². The third-order valence-electron chi connectivity index (χ3n) is 6.53. The first-order chi connectivity index (χ1) is 13.2. The molecule has 0 bridgehead atoms. The summed E-state index contributed by atoms with van der Waals surface area (Å²) in [7, 11) is 0. The molecule has 2 aliphatic heterocycles. The van der Waals surface area contributed by atoms with Crippen molar-refractivity contribution in [2.24, 2.45) is 0 Å². The van der Waals surface area contributed by atoms with Crippen LogP contribution in [0.3, 0.4) is 0 Å². The summed E-state index contributed by atoms with van der Waals surface area (Å²) < 4.78 is 0. The van der Waals surface area contributed by atoms with Crippen LogP contribution in [0.4, 0.5) is 0 Å². The maximum absolute atomic E-state index is 12.7. The van der Waals surface area contributed by atoms with E-state index in [2.05, 4.69) is 29.2 Å². The normalized spacial score (nSPS) is 25.4. The number of imide groups is 1. The topological polar surface area (TPSA) is 40.6 Å². The smallest absolute Gasteiger partial charge is 0.261 e. The highest BCUT2D eigenvalue weighted by molar-refractivity contribution is 6.21. The summed E-state index contributed by atoms with van der Waals surface area (Å²) in [4.78, 5) is 29.6. The Labute approximate surface area is 159 Å². The second-order valence-electron chi connectivity index (χ2n) is 7.98. The second kappa shape index (κ2) is 6.61. The van der Waals surface area contributed by atoms with Crippen molar-refractivity contribution in [2.75, 3.05) is 6.54 Å². The molecule has 2 aromatic rings. The highest BCUT2D eigenvalue weighted by Gasteiger charge is 2.41. The molecule has 27 heavy (non-hydrogen) atoms. The first kappa shape index (κ1) is 16.7. The number of rotatable bonds is 2. The van der Waals surface area contributed by atoms with Crippen LogP contribution in [0.1, 0.15) is 57.5 Å². The molecule has 5 rings (SSSR count). The number of nitrogens with zero attached hydrogens (tertiary/aromatic N) is 2. The van der Waals surface area contributed by atoms with Crippen LogP contribution in [0.2, 0.25) is 0 Å². The average molecular weight is 360 g/mol. The lowest BCUT2D eigenvalue weighted by atomic mass is 9.87. The third-order valence-corrected chi connectivity index (χ3v) is 6.53. The van der Waals surface area contributed by atoms with Gasteiger partial charge in [0.25, 0.3) is 11.8 Å². The lowest BCUT2D eigenvalue weighted by Gasteiger charge is -2.41. The van der Waals surface area contributed by atoms with Gasteiger partial charge in [-0.15, -0.1) is 0 Å². The summed E-state index contributed by atoms with van der Waals surface area (Å²) in [6.45, 7) is 2.14. The zero-order chi connectivity index (χ0) is 18.4. The second-order valence-corrected chi connectivity index (χ2v) is 7.98. The summed E-state index contributed by atoms with van der Waals surface area (Å²) in [5.74, 6) is -0.211. The van der Waals surface area contributed by atoms with Crippen LogP contribution in [0.25, 0.3) is 0 Å². The number of fused-ring (bicyclic) bond motifs is 2. The Kier molecular flexibility index (Phi) is 4.09. The van der Waals surface area contributed by atoms with Crippen LogP contribution in [0.15, 0.2) is 48.5 Å². The number of hydrogen-bond donors (Lipinski definition) is 0. The standard InChI is InChI=1S/C23H24N2O2/c26-22-20-7-3-4-8-21(20)23(27)25(22)19-11-9-18(10-12-19)24-14-13-16-5-1-2-6-17(16)15-24/h1-8,18-19H,9-15H2. The Morgan fingerprint density at radius 3 is 1.93 bits per heavy atom. The summed E-state index contributed by atoms with van der Waals surface area (Å²) in [6, 6.07) is 16.5. The summed E-state index contributed by atoms with van der Waals surface area (Å²) in [5, 5.41) is 0. The molecule has 1 saturated carbocycles. The van der Waals surface area contributed by atoms with Gasteiger partial charge in [-0.05, 0) is 55.4 Å². The minimum atomic E-state index is -0.106. The first-order valence-corrected chi connectivity index (χ1v) is 10.00. The van der Waals surface area contributed by atoms with Crippen molar-refractivity contribution in [3.8, 4) is 0 Å². The molecule has 0 saturated heterocycles. The largest absolute Gasteiger partial charge is 0.296 e. The molecule has 138 valence electrons. The monoisotopic (exact) mass is 360 g/mol. The molecule has 2 amide bonds. The average Bonchev–Trinajstić information content (AvgIpc) is 2.98. The van der Waals surface area contributed by atoms with Gasteiger partial charge < -0.3 is 0 Å². The summed E-state index contributed by atoms with van der Waals surface area (Å²) >= 11 is 0. The van der Waals surface area contributed by atoms with Crippen molar-refractivity contribution in [2.45, 2.75) is 50.7 Å². The Bertz CT molecular complexity index is 864. The predicted molar refractivity (Wildman–Crippen MR) is 104 cm³/mol. The summed E-state index contributed by atoms with van der Waals surface area (Å²) in [6.07, 6.45) is 5.05. The molecular weight excluding hydrogens is 336 g/mol. The molecule has 2 heterocycles. The van der Waals surface area contributed by atoms with Crippen molar-refractivity contribution >= 4 is 11.8 Å². The van der Waals surface area contributed by atoms with Crippen molar-refractivity contribution in [1.82, 2.24) is 9.80 Å². The third kappa shape index (κ3) is 2.79. The number of carbonyl (C=O) groups excluding carboxylic acids is 2. The van der Waals surface area contributed by atoms with Gasteiger partial charge in [0.1, 0.15) is 0 Å². The molecular formula is C23H24N2O2. The van der Waals surface area contributed by atoms with Gasteiger partial charge in [0.05, 0.1) is 11.1 Å². The minimum Gasteiger partial charge on any atom is -0.296 e. The van der Waals surface area contributed by atoms with Crippen LogP contribution < -0.4 is 0 Å². The molecule has 0 aromatic heterocycles. The van der Waals surface area contributed by atoms with Gasteiger partial charge in [0, 0.05) is 25.2 Å². The molecule has 4 nitrogen and oxygen atoms in total. The molecule has 2 aromatic carbocycles. The van der Waals surface area contributed by atoms with Gasteiger partial charge >= 0.3 is 0 Å². The number of benzene rings is 2. The predicted octanol–water partition coefficient (Wildman–Crippen LogP) is 3.65. The van der Waals surface area contributed by atoms with Gasteiger partial charge in [-0.3, -0.25) is 19.4 Å². The quantitative estimate of drug-likeness (QED) is 0.768. The van der Waals surface area contributed by atoms with Crippen LogP contribution in [-0.4, -0.2) is 40.2 Å². The fraction of sp³-hybridized carbons (Fsp3) is 0.391. The van der Waals surface area contributed by atoms with Gasteiger partial charge in [0.15, 0.2) is 0 Å². The maximum Gasteiger partial charge on any atom is 0.261 e. The van der Waals surface area contributed by atoms with E-state index in [0.29, 0.717) is 17.2 Å². The molecule has 0 N–H and O–H groups in total. The minimum absolute atomic E-state index is 0.0470. The van der Waals surface area contributed by atoms with Gasteiger partial charge in [-0.1, -0.05) is 36.4 Å². The van der Waals surface area contributed by atoms with Gasteiger partial charge in [-0.2, -0.15) is 0 Å². The van der Waals surface area contributed by atoms with Gasteiger partial charge in [-0.25, -0.2) is 0 Å². The van der Waals surface area contributed by atoms with E-state index in [1.807, 2.05) is 12.1 Å². The van der Waals surface area contributed by atoms with Crippen molar-refractivity contribution < 1.29 is 9.59 Å². The van der Waals surface area contributed by atoms with Crippen molar-refractivity contribution in [1.29, 1.82) is 0 Å². The van der Waals surface area contributed by atoms with Crippen LogP contribution in [-0.2, 0) is 13.0 Å². The maximum atomic E-state index is 12.7. The lowest BCUT2D eigenvalue weighted by Crippen LogP contribution is -2.47. The fourth-order valence-corrected chi connectivity index (χ4v) is 5.05. The van der Waals surface area contributed by atoms with E-state index in [4.69, 9.17) is 0 Å². The molecule has 4 heteroatoms. The molecule has 0 spiro atoms. The van der Waals surface area contributed by atoms with E-state index in [-0.39, 0.29) is 17.9 Å². The van der Waals surface area contributed by atoms with E-state index >= 15 is 0 Å². The molecule has 0 radical (unpaired) electrons. The van der Waals surface area contributed by atoms with Crippen molar-refractivity contribution in [3.05, 3.63) is 70.8 Å². The number of carbonyl (C=O) groups is 2. The zero-order valence-corrected chi connectivity index (χ0v) is 15.4. The summed E-state index contributed by atoms with van der Waals surface area (Å²) in [5.41, 5.74) is 4.06. The highest BCUT2D eigenvalue weighted by atomic mass is 16.2. The molecule has 3 aliphatic rings. The van der Waals surface area contributed by atoms with E-state index in [0.717, 1.165) is 45.2 Å². The SMILES string of the molecule is O=C1c2ccccc2C(=O)N1C1CCC(N2CCc3ccccc3C2)CC1. The number of amides is 2. The Hall–Kier alpha value is -2.46. The Morgan fingerprint density at radius 2 is 1.26 bits per heavy atom. The molecule has 0 atom stereocenters. The Morgan fingerprint density at radius 1 is 0.704 bits per heavy atom. The van der Waals surface area contributed by atoms with E-state index < -0.39 is 0 Å². The highest BCUT2D eigenvalue weighted by Crippen LogP contribution is 2.34. The molecule has 1 aliphatic carbocycles. The molecule has 1 fully saturated rings. The van der Waals surface area contributed by atoms with Crippen LogP contribution in [0, 0.1) is 0 Å². The van der Waals surface area contributed by atoms with Gasteiger partial charge in [0.2, 0.25) is 0 Å². The van der Waals surface area contributed by atoms with E-state index in [9.17, 15) is 9.59 Å². The lowest BCUT2D eigenvalue weighted by molar-refractivity contribution is 0.0485. The fourth-order valence-electron chi connectivity index (χ4n) is 5.05.